The van der Waals surface area contributed by atoms with Crippen molar-refractivity contribution in [2.75, 3.05) is 6.54 Å². The summed E-state index contributed by atoms with van der Waals surface area (Å²) in [5.74, 6) is -9.77. The minimum absolute atomic E-state index is 0.0679. The van der Waals surface area contributed by atoms with Gasteiger partial charge in [-0.15, -0.1) is 0 Å². The molecule has 0 spiro atoms. The van der Waals surface area contributed by atoms with E-state index in [2.05, 4.69) is 18.7 Å². The van der Waals surface area contributed by atoms with E-state index in [9.17, 15) is 39.6 Å². The summed E-state index contributed by atoms with van der Waals surface area (Å²) in [4.78, 5) is 49.7. The second kappa shape index (κ2) is 18.4. The van der Waals surface area contributed by atoms with Gasteiger partial charge in [0.05, 0.1) is 24.7 Å². The lowest BCUT2D eigenvalue weighted by molar-refractivity contribution is -0.158. The minimum Gasteiger partial charge on any atom is -0.481 e. The second-order valence-electron chi connectivity index (χ2n) is 10.6. The largest absolute Gasteiger partial charge is 0.481 e. The van der Waals surface area contributed by atoms with Crippen molar-refractivity contribution in [3.8, 4) is 0 Å². The topological polar surface area (TPSA) is 152 Å². The number of rotatable bonds is 22. The molecule has 1 aromatic rings. The lowest BCUT2D eigenvalue weighted by atomic mass is 9.74. The van der Waals surface area contributed by atoms with E-state index in [0.717, 1.165) is 56.9 Å². The van der Waals surface area contributed by atoms with Crippen LogP contribution in [0.4, 0.5) is 0 Å². The Balaban J connectivity index is 3.40. The average molecular weight is 550 g/mol. The van der Waals surface area contributed by atoms with Gasteiger partial charge in [0, 0.05) is 18.6 Å². The molecule has 0 aliphatic rings. The van der Waals surface area contributed by atoms with E-state index in [-0.39, 0.29) is 18.5 Å². The summed E-state index contributed by atoms with van der Waals surface area (Å²) in [6.07, 6.45) is 6.52. The number of hydrogen-bond acceptors (Lipinski definition) is 5. The molecule has 0 saturated heterocycles. The molecule has 0 aromatic heterocycles. The van der Waals surface area contributed by atoms with Crippen LogP contribution in [0.2, 0.25) is 0 Å². The molecular formula is C30H47NO8. The van der Waals surface area contributed by atoms with E-state index in [4.69, 9.17) is 0 Å². The maximum atomic E-state index is 12.2. The van der Waals surface area contributed by atoms with Crippen LogP contribution in [0, 0.1) is 17.8 Å². The summed E-state index contributed by atoms with van der Waals surface area (Å²) in [6, 6.07) is 9.89. The third-order valence-electron chi connectivity index (χ3n) is 7.62. The van der Waals surface area contributed by atoms with Gasteiger partial charge < -0.3 is 20.4 Å². The number of carboxylic acid groups (broad SMARTS) is 4. The molecule has 0 amide bonds. The molecule has 9 nitrogen and oxygen atoms in total. The fourth-order valence-corrected chi connectivity index (χ4v) is 5.64. The highest BCUT2D eigenvalue weighted by atomic mass is 16.4. The summed E-state index contributed by atoms with van der Waals surface area (Å²) < 4.78 is 0. The number of nitrogens with zero attached hydrogens (tertiary/aromatic N) is 1. The third kappa shape index (κ3) is 12.6. The second-order valence-corrected chi connectivity index (χ2v) is 10.6. The van der Waals surface area contributed by atoms with E-state index in [1.807, 2.05) is 37.3 Å². The summed E-state index contributed by atoms with van der Waals surface area (Å²) in [5, 5.41) is 38.6. The quantitative estimate of drug-likeness (QED) is 0.139. The Hall–Kier alpha value is -2.94. The molecule has 0 radical (unpaired) electrons. The van der Waals surface area contributed by atoms with Gasteiger partial charge in [0.2, 0.25) is 0 Å². The standard InChI is InChI=1S/C30H47NO8/c1-4-6-7-11-15-23(12-5-2)31(17-16-22-13-9-8-10-14-22)21(3)18-24(25(29(36)37)19-27(32)33)26(30(38)39)20-28(34)35/h8-10,13-14,21,23-26H,4-7,11-12,15-20H2,1-3H3,(H,32,33)(H,34,35)(H,36,37)(H,38,39). The van der Waals surface area contributed by atoms with Gasteiger partial charge in [-0.1, -0.05) is 76.3 Å². The first-order chi connectivity index (χ1) is 18.5. The predicted molar refractivity (Wildman–Crippen MR) is 149 cm³/mol. The Morgan fingerprint density at radius 1 is 0.769 bits per heavy atom. The SMILES string of the molecule is CCCCCCC(CCC)N(CCc1ccccc1)C(C)CC(C(CC(=O)O)C(=O)O)C(CC(=O)O)C(=O)O. The summed E-state index contributed by atoms with van der Waals surface area (Å²) in [7, 11) is 0. The van der Waals surface area contributed by atoms with Crippen LogP contribution in [0.15, 0.2) is 30.3 Å². The van der Waals surface area contributed by atoms with Crippen LogP contribution in [-0.2, 0) is 25.6 Å². The zero-order valence-corrected chi connectivity index (χ0v) is 23.6. The maximum absolute atomic E-state index is 12.2. The first-order valence-corrected chi connectivity index (χ1v) is 14.2. The number of unbranched alkanes of at least 4 members (excludes halogenated alkanes) is 3. The monoisotopic (exact) mass is 549 g/mol. The van der Waals surface area contributed by atoms with Gasteiger partial charge in [-0.25, -0.2) is 0 Å². The van der Waals surface area contributed by atoms with Crippen LogP contribution in [0.25, 0.3) is 0 Å². The normalized spacial score (nSPS) is 15.3. The van der Waals surface area contributed by atoms with Gasteiger partial charge in [0.1, 0.15) is 0 Å². The summed E-state index contributed by atoms with van der Waals surface area (Å²) in [5.41, 5.74) is 1.15. The molecule has 39 heavy (non-hydrogen) atoms. The minimum atomic E-state index is -1.52. The van der Waals surface area contributed by atoms with Crippen molar-refractivity contribution < 1.29 is 39.6 Å². The molecule has 0 bridgehead atoms. The molecule has 4 N–H and O–H groups in total. The number of carboxylic acids is 4. The summed E-state index contributed by atoms with van der Waals surface area (Å²) in [6.45, 7) is 6.86. The zero-order valence-electron chi connectivity index (χ0n) is 23.6. The van der Waals surface area contributed by atoms with E-state index in [1.165, 1.54) is 0 Å². The molecule has 0 aliphatic heterocycles. The molecule has 4 atom stereocenters. The molecular weight excluding hydrogens is 502 g/mol. The highest BCUT2D eigenvalue weighted by molar-refractivity contribution is 5.81. The van der Waals surface area contributed by atoms with Gasteiger partial charge in [0.15, 0.2) is 0 Å². The lowest BCUT2D eigenvalue weighted by Gasteiger charge is -2.40. The molecule has 0 heterocycles. The van der Waals surface area contributed by atoms with Crippen LogP contribution >= 0.6 is 0 Å². The van der Waals surface area contributed by atoms with Crippen LogP contribution in [0.5, 0.6) is 0 Å². The molecule has 1 rings (SSSR count). The van der Waals surface area contributed by atoms with Crippen molar-refractivity contribution in [1.82, 2.24) is 4.90 Å². The first kappa shape index (κ1) is 34.1. The lowest BCUT2D eigenvalue weighted by Crippen LogP contribution is -2.46. The average Bonchev–Trinajstić information content (AvgIpc) is 2.87. The van der Waals surface area contributed by atoms with E-state index in [0.29, 0.717) is 6.54 Å². The Labute approximate surface area is 232 Å². The number of hydrogen-bond donors (Lipinski definition) is 4. The fraction of sp³-hybridized carbons (Fsp3) is 0.667. The Morgan fingerprint density at radius 3 is 1.79 bits per heavy atom. The van der Waals surface area contributed by atoms with Crippen molar-refractivity contribution in [2.45, 2.75) is 103 Å². The Morgan fingerprint density at radius 2 is 1.33 bits per heavy atom. The van der Waals surface area contributed by atoms with Crippen molar-refractivity contribution in [2.24, 2.45) is 17.8 Å². The molecule has 4 unspecified atom stereocenters. The smallest absolute Gasteiger partial charge is 0.307 e. The van der Waals surface area contributed by atoms with Gasteiger partial charge in [-0.3, -0.25) is 24.1 Å². The first-order valence-electron chi connectivity index (χ1n) is 14.2. The molecule has 9 heteroatoms. The number of benzene rings is 1. The van der Waals surface area contributed by atoms with Crippen LogP contribution in [0.3, 0.4) is 0 Å². The van der Waals surface area contributed by atoms with Crippen LogP contribution in [-0.4, -0.2) is 67.8 Å². The van der Waals surface area contributed by atoms with Crippen LogP contribution < -0.4 is 0 Å². The Kier molecular flexibility index (Phi) is 16.1. The zero-order chi connectivity index (χ0) is 29.4. The Bertz CT molecular complexity index is 856. The van der Waals surface area contributed by atoms with Crippen molar-refractivity contribution in [3.63, 3.8) is 0 Å². The van der Waals surface area contributed by atoms with Crippen molar-refractivity contribution >= 4 is 23.9 Å². The fourth-order valence-electron chi connectivity index (χ4n) is 5.64. The van der Waals surface area contributed by atoms with E-state index >= 15 is 0 Å². The van der Waals surface area contributed by atoms with Gasteiger partial charge in [0.25, 0.3) is 0 Å². The molecule has 0 fully saturated rings. The van der Waals surface area contributed by atoms with Gasteiger partial charge in [-0.2, -0.15) is 0 Å². The highest BCUT2D eigenvalue weighted by Crippen LogP contribution is 2.34. The molecule has 0 aliphatic carbocycles. The predicted octanol–water partition coefficient (Wildman–Crippen LogP) is 5.42. The van der Waals surface area contributed by atoms with E-state index in [1.54, 1.807) is 0 Å². The van der Waals surface area contributed by atoms with Crippen molar-refractivity contribution in [1.29, 1.82) is 0 Å². The van der Waals surface area contributed by atoms with Crippen molar-refractivity contribution in [3.05, 3.63) is 35.9 Å². The van der Waals surface area contributed by atoms with Crippen LogP contribution in [0.1, 0.15) is 90.5 Å². The van der Waals surface area contributed by atoms with E-state index < -0.39 is 54.5 Å². The molecule has 0 saturated carbocycles. The third-order valence-corrected chi connectivity index (χ3v) is 7.62. The summed E-state index contributed by atoms with van der Waals surface area (Å²) >= 11 is 0. The highest BCUT2D eigenvalue weighted by Gasteiger charge is 2.42. The van der Waals surface area contributed by atoms with Gasteiger partial charge in [-0.05, 0) is 44.1 Å². The molecule has 1 aromatic carbocycles. The maximum Gasteiger partial charge on any atom is 0.307 e. The number of aliphatic carboxylic acids is 4. The molecule has 220 valence electrons. The van der Waals surface area contributed by atoms with Gasteiger partial charge >= 0.3 is 23.9 Å². The number of carbonyl (C=O) groups is 4.